The van der Waals surface area contributed by atoms with E-state index in [9.17, 15) is 0 Å². The Morgan fingerprint density at radius 2 is 2.36 bits per heavy atom. The average Bonchev–Trinajstić information content (AvgIpc) is 2.70. The molecule has 0 aromatic rings. The number of hydrogen-bond donors (Lipinski definition) is 1. The Hall–Kier alpha value is -0.240. The van der Waals surface area contributed by atoms with Crippen LogP contribution in [0.15, 0.2) is 24.0 Å². The van der Waals surface area contributed by atoms with Crippen molar-refractivity contribution in [3.8, 4) is 0 Å². The second kappa shape index (κ2) is 2.37. The van der Waals surface area contributed by atoms with E-state index >= 15 is 0 Å². The molecule has 1 aliphatic heterocycles. The number of hydrogen-bond acceptors (Lipinski definition) is 1. The predicted molar refractivity (Wildman–Crippen MR) is 50.4 cm³/mol. The summed E-state index contributed by atoms with van der Waals surface area (Å²) >= 11 is 3.55. The van der Waals surface area contributed by atoms with Crippen molar-refractivity contribution in [3.05, 3.63) is 24.0 Å². The van der Waals surface area contributed by atoms with Crippen molar-refractivity contribution in [2.75, 3.05) is 0 Å². The summed E-state index contributed by atoms with van der Waals surface area (Å²) in [5.74, 6) is 0. The third kappa shape index (κ3) is 1.36. The second-order valence-electron chi connectivity index (χ2n) is 3.59. The van der Waals surface area contributed by atoms with Gasteiger partial charge < -0.3 is 5.32 Å². The molecule has 1 fully saturated rings. The fourth-order valence-corrected chi connectivity index (χ4v) is 1.74. The minimum atomic E-state index is 0.427. The average molecular weight is 214 g/mol. The van der Waals surface area contributed by atoms with E-state index in [-0.39, 0.29) is 0 Å². The normalized spacial score (nSPS) is 32.5. The summed E-state index contributed by atoms with van der Waals surface area (Å²) in [7, 11) is 0. The molecule has 1 saturated carbocycles. The van der Waals surface area contributed by atoms with E-state index in [0.29, 0.717) is 10.2 Å². The van der Waals surface area contributed by atoms with E-state index in [0.717, 1.165) is 0 Å². The van der Waals surface area contributed by atoms with E-state index in [2.05, 4.69) is 40.3 Å². The van der Waals surface area contributed by atoms with Gasteiger partial charge in [0.05, 0.1) is 4.83 Å². The second-order valence-corrected chi connectivity index (χ2v) is 4.65. The summed E-state index contributed by atoms with van der Waals surface area (Å²) in [6, 6.07) is 0. The molecule has 0 aromatic heterocycles. The van der Waals surface area contributed by atoms with E-state index in [1.54, 1.807) is 0 Å². The molecule has 1 heterocycles. The molecule has 1 aliphatic carbocycles. The molecule has 2 aliphatic rings. The molecule has 1 N–H and O–H groups in total. The molecule has 1 unspecified atom stereocenters. The van der Waals surface area contributed by atoms with Crippen molar-refractivity contribution in [1.29, 1.82) is 0 Å². The SMILES string of the molecule is CC1(C2=CC(Br)C=CN2)CC1. The largest absolute Gasteiger partial charge is 0.365 e. The molecular weight excluding hydrogens is 202 g/mol. The number of rotatable bonds is 1. The van der Waals surface area contributed by atoms with Crippen LogP contribution in [-0.4, -0.2) is 4.83 Å². The summed E-state index contributed by atoms with van der Waals surface area (Å²) in [6.45, 7) is 2.31. The zero-order chi connectivity index (χ0) is 7.90. The quantitative estimate of drug-likeness (QED) is 0.661. The molecule has 0 spiro atoms. The highest BCUT2D eigenvalue weighted by Crippen LogP contribution is 2.50. The maximum atomic E-state index is 3.55. The highest BCUT2D eigenvalue weighted by atomic mass is 79.9. The highest BCUT2D eigenvalue weighted by Gasteiger charge is 2.41. The molecule has 2 heteroatoms. The van der Waals surface area contributed by atoms with Crippen LogP contribution in [0.3, 0.4) is 0 Å². The maximum Gasteiger partial charge on any atom is 0.0542 e. The third-order valence-electron chi connectivity index (χ3n) is 2.50. The van der Waals surface area contributed by atoms with E-state index < -0.39 is 0 Å². The van der Waals surface area contributed by atoms with Crippen molar-refractivity contribution in [3.63, 3.8) is 0 Å². The van der Waals surface area contributed by atoms with Crippen molar-refractivity contribution in [2.24, 2.45) is 5.41 Å². The fraction of sp³-hybridized carbons (Fsp3) is 0.556. The molecule has 0 saturated heterocycles. The van der Waals surface area contributed by atoms with Crippen molar-refractivity contribution >= 4 is 15.9 Å². The number of nitrogens with one attached hydrogen (secondary N) is 1. The molecule has 1 atom stereocenters. The molecule has 1 nitrogen and oxygen atoms in total. The third-order valence-corrected chi connectivity index (χ3v) is 3.06. The fourth-order valence-electron chi connectivity index (χ4n) is 1.32. The van der Waals surface area contributed by atoms with Crippen LogP contribution in [0.4, 0.5) is 0 Å². The lowest BCUT2D eigenvalue weighted by Crippen LogP contribution is -2.18. The lowest BCUT2D eigenvalue weighted by molar-refractivity contribution is 0.635. The number of allylic oxidation sites excluding steroid dienone is 3. The Bertz CT molecular complexity index is 226. The smallest absolute Gasteiger partial charge is 0.0542 e. The molecule has 11 heavy (non-hydrogen) atoms. The Balaban J connectivity index is 2.15. The van der Waals surface area contributed by atoms with Crippen LogP contribution < -0.4 is 5.32 Å². The summed E-state index contributed by atoms with van der Waals surface area (Å²) in [6.07, 6.45) is 9.05. The predicted octanol–water partition coefficient (Wildman–Crippen LogP) is 2.55. The first-order valence-electron chi connectivity index (χ1n) is 4.00. The van der Waals surface area contributed by atoms with Crippen LogP contribution in [0.25, 0.3) is 0 Å². The Kier molecular flexibility index (Phi) is 1.60. The van der Waals surface area contributed by atoms with Crippen LogP contribution >= 0.6 is 15.9 Å². The van der Waals surface area contributed by atoms with E-state index in [1.807, 2.05) is 6.20 Å². The summed E-state index contributed by atoms with van der Waals surface area (Å²) < 4.78 is 0. The molecule has 0 amide bonds. The van der Waals surface area contributed by atoms with Gasteiger partial charge in [-0.15, -0.1) is 0 Å². The first kappa shape index (κ1) is 7.41. The van der Waals surface area contributed by atoms with Gasteiger partial charge in [-0.05, 0) is 25.1 Å². The van der Waals surface area contributed by atoms with Gasteiger partial charge in [-0.2, -0.15) is 0 Å². The van der Waals surface area contributed by atoms with E-state index in [4.69, 9.17) is 0 Å². The van der Waals surface area contributed by atoms with Crippen LogP contribution in [0.1, 0.15) is 19.8 Å². The Morgan fingerprint density at radius 1 is 1.64 bits per heavy atom. The molecule has 0 aromatic carbocycles. The zero-order valence-corrected chi connectivity index (χ0v) is 8.19. The van der Waals surface area contributed by atoms with Gasteiger partial charge in [0, 0.05) is 11.1 Å². The van der Waals surface area contributed by atoms with E-state index in [1.165, 1.54) is 18.5 Å². The van der Waals surface area contributed by atoms with Crippen LogP contribution in [-0.2, 0) is 0 Å². The topological polar surface area (TPSA) is 12.0 Å². The lowest BCUT2D eigenvalue weighted by atomic mass is 10.0. The monoisotopic (exact) mass is 213 g/mol. The Labute approximate surface area is 75.7 Å². The van der Waals surface area contributed by atoms with Crippen LogP contribution in [0, 0.1) is 5.41 Å². The van der Waals surface area contributed by atoms with Gasteiger partial charge in [-0.1, -0.05) is 28.9 Å². The standard InChI is InChI=1S/C9H12BrN/c1-9(3-4-9)8-6-7(10)2-5-11-8/h2,5-7,11H,3-4H2,1H3. The maximum absolute atomic E-state index is 3.55. The minimum absolute atomic E-state index is 0.427. The van der Waals surface area contributed by atoms with Gasteiger partial charge in [-0.3, -0.25) is 0 Å². The Morgan fingerprint density at radius 3 is 2.91 bits per heavy atom. The van der Waals surface area contributed by atoms with Crippen molar-refractivity contribution in [2.45, 2.75) is 24.6 Å². The molecule has 2 rings (SSSR count). The summed E-state index contributed by atoms with van der Waals surface area (Å²) in [5, 5.41) is 3.30. The summed E-state index contributed by atoms with van der Waals surface area (Å²) in [4.78, 5) is 0.427. The van der Waals surface area contributed by atoms with Crippen LogP contribution in [0.5, 0.6) is 0 Å². The number of dihydropyridines is 1. The number of alkyl halides is 1. The van der Waals surface area contributed by atoms with Gasteiger partial charge in [0.1, 0.15) is 0 Å². The van der Waals surface area contributed by atoms with Gasteiger partial charge in [0.15, 0.2) is 0 Å². The highest BCUT2D eigenvalue weighted by molar-refractivity contribution is 9.09. The van der Waals surface area contributed by atoms with Crippen molar-refractivity contribution in [1.82, 2.24) is 5.32 Å². The van der Waals surface area contributed by atoms with Gasteiger partial charge in [-0.25, -0.2) is 0 Å². The van der Waals surface area contributed by atoms with Crippen molar-refractivity contribution < 1.29 is 0 Å². The zero-order valence-electron chi connectivity index (χ0n) is 6.60. The summed E-state index contributed by atoms with van der Waals surface area (Å²) in [5.41, 5.74) is 1.86. The molecule has 60 valence electrons. The first-order valence-corrected chi connectivity index (χ1v) is 4.92. The minimum Gasteiger partial charge on any atom is -0.365 e. The first-order chi connectivity index (χ1) is 5.21. The van der Waals surface area contributed by atoms with Gasteiger partial charge in [0.25, 0.3) is 0 Å². The molecule has 0 bridgehead atoms. The van der Waals surface area contributed by atoms with Crippen LogP contribution in [0.2, 0.25) is 0 Å². The number of halogens is 1. The molecular formula is C9H12BrN. The van der Waals surface area contributed by atoms with Gasteiger partial charge in [0.2, 0.25) is 0 Å². The lowest BCUT2D eigenvalue weighted by Gasteiger charge is -2.18. The molecule has 0 radical (unpaired) electrons. The van der Waals surface area contributed by atoms with Gasteiger partial charge >= 0.3 is 0 Å².